The number of amides is 1. The van der Waals surface area contributed by atoms with E-state index in [1.165, 1.54) is 0 Å². The van der Waals surface area contributed by atoms with Crippen LogP contribution in [0, 0.1) is 19.8 Å². The zero-order valence-electron chi connectivity index (χ0n) is 13.7. The van der Waals surface area contributed by atoms with Crippen LogP contribution in [-0.2, 0) is 9.59 Å². The minimum Gasteiger partial charge on any atom is -0.481 e. The second kappa shape index (κ2) is 6.50. The fraction of sp³-hybridized carbons (Fsp3) is 0.688. The lowest BCUT2D eigenvalue weighted by molar-refractivity contribution is -0.149. The number of carboxylic acid groups (broad SMARTS) is 1. The van der Waals surface area contributed by atoms with Crippen molar-refractivity contribution in [1.29, 1.82) is 0 Å². The van der Waals surface area contributed by atoms with Gasteiger partial charge in [-0.25, -0.2) is 0 Å². The van der Waals surface area contributed by atoms with Gasteiger partial charge in [-0.2, -0.15) is 5.10 Å². The Bertz CT molecular complexity index is 567. The third-order valence-corrected chi connectivity index (χ3v) is 4.56. The molecule has 0 spiro atoms. The Morgan fingerprint density at radius 1 is 1.45 bits per heavy atom. The Labute approximate surface area is 131 Å². The van der Waals surface area contributed by atoms with E-state index < -0.39 is 11.9 Å². The molecule has 1 unspecified atom stereocenters. The lowest BCUT2D eigenvalue weighted by atomic mass is 9.90. The lowest BCUT2D eigenvalue weighted by Gasteiger charge is -2.38. The number of carbonyl (C=O) groups is 2. The summed E-state index contributed by atoms with van der Waals surface area (Å²) >= 11 is 0. The van der Waals surface area contributed by atoms with Crippen molar-refractivity contribution >= 4 is 11.9 Å². The van der Waals surface area contributed by atoms with Crippen LogP contribution in [-0.4, -0.2) is 44.3 Å². The maximum absolute atomic E-state index is 12.6. The average molecular weight is 307 g/mol. The second-order valence-corrected chi connectivity index (χ2v) is 6.34. The SMILES string of the molecule is Cc1cc(C)n(C(C)CC(=O)N2CCC[C@H](C(=O)O)[C@@H]2C)n1. The summed E-state index contributed by atoms with van der Waals surface area (Å²) in [5.74, 6) is -1.25. The first-order valence-electron chi connectivity index (χ1n) is 7.86. The van der Waals surface area contributed by atoms with Crippen molar-refractivity contribution in [1.82, 2.24) is 14.7 Å². The summed E-state index contributed by atoms with van der Waals surface area (Å²) in [6, 6.07) is 1.72. The highest BCUT2D eigenvalue weighted by Crippen LogP contribution is 2.26. The van der Waals surface area contributed by atoms with Crippen molar-refractivity contribution < 1.29 is 14.7 Å². The van der Waals surface area contributed by atoms with E-state index in [4.69, 9.17) is 0 Å². The van der Waals surface area contributed by atoms with Crippen LogP contribution in [0.2, 0.25) is 0 Å². The Morgan fingerprint density at radius 3 is 2.68 bits per heavy atom. The standard InChI is InChI=1S/C16H25N3O3/c1-10-8-11(2)19(17-10)12(3)9-15(20)18-7-5-6-14(13(18)4)16(21)22/h8,12-14H,5-7,9H2,1-4H3,(H,21,22)/t12?,13-,14-/m0/s1. The average Bonchev–Trinajstić information content (AvgIpc) is 2.77. The van der Waals surface area contributed by atoms with Crippen molar-refractivity contribution in [3.63, 3.8) is 0 Å². The van der Waals surface area contributed by atoms with Gasteiger partial charge in [0.1, 0.15) is 0 Å². The van der Waals surface area contributed by atoms with Crippen molar-refractivity contribution in [2.24, 2.45) is 5.92 Å². The van der Waals surface area contributed by atoms with E-state index in [0.29, 0.717) is 19.4 Å². The summed E-state index contributed by atoms with van der Waals surface area (Å²) in [5, 5.41) is 13.7. The van der Waals surface area contributed by atoms with Crippen LogP contribution in [0.5, 0.6) is 0 Å². The van der Waals surface area contributed by atoms with Gasteiger partial charge in [-0.1, -0.05) is 0 Å². The molecule has 0 aromatic carbocycles. The molecule has 0 aliphatic carbocycles. The van der Waals surface area contributed by atoms with E-state index in [9.17, 15) is 14.7 Å². The van der Waals surface area contributed by atoms with Crippen LogP contribution in [0.1, 0.15) is 50.5 Å². The van der Waals surface area contributed by atoms with Crippen molar-refractivity contribution in [3.8, 4) is 0 Å². The van der Waals surface area contributed by atoms with Crippen LogP contribution in [0.15, 0.2) is 6.07 Å². The first-order valence-corrected chi connectivity index (χ1v) is 7.86. The van der Waals surface area contributed by atoms with Gasteiger partial charge >= 0.3 is 5.97 Å². The second-order valence-electron chi connectivity index (χ2n) is 6.34. The highest BCUT2D eigenvalue weighted by atomic mass is 16.4. The maximum Gasteiger partial charge on any atom is 0.308 e. The molecule has 1 aromatic heterocycles. The molecule has 0 radical (unpaired) electrons. The molecule has 1 saturated heterocycles. The van der Waals surface area contributed by atoms with E-state index in [0.717, 1.165) is 17.8 Å². The van der Waals surface area contributed by atoms with E-state index >= 15 is 0 Å². The van der Waals surface area contributed by atoms with Crippen LogP contribution in [0.3, 0.4) is 0 Å². The Hall–Kier alpha value is -1.85. The number of carboxylic acids is 1. The summed E-state index contributed by atoms with van der Waals surface area (Å²) in [6.07, 6.45) is 1.74. The minimum atomic E-state index is -0.809. The lowest BCUT2D eigenvalue weighted by Crippen LogP contribution is -2.49. The minimum absolute atomic E-state index is 0.0125. The van der Waals surface area contributed by atoms with Crippen molar-refractivity contribution in [2.45, 2.75) is 59.0 Å². The summed E-state index contributed by atoms with van der Waals surface area (Å²) in [5.41, 5.74) is 1.97. The van der Waals surface area contributed by atoms with Gasteiger partial charge in [0.25, 0.3) is 0 Å². The number of rotatable bonds is 4. The molecule has 0 saturated carbocycles. The van der Waals surface area contributed by atoms with Gasteiger partial charge in [0, 0.05) is 24.7 Å². The van der Waals surface area contributed by atoms with Gasteiger partial charge in [-0.3, -0.25) is 14.3 Å². The number of likely N-dealkylation sites (tertiary alicyclic amines) is 1. The molecular formula is C16H25N3O3. The molecule has 122 valence electrons. The highest BCUT2D eigenvalue weighted by molar-refractivity contribution is 5.79. The Kier molecular flexibility index (Phi) is 4.88. The fourth-order valence-electron chi connectivity index (χ4n) is 3.37. The molecule has 1 aromatic rings. The topological polar surface area (TPSA) is 75.4 Å². The normalized spacial score (nSPS) is 23.4. The van der Waals surface area contributed by atoms with Gasteiger partial charge in [0.2, 0.25) is 5.91 Å². The van der Waals surface area contributed by atoms with Crippen LogP contribution >= 0.6 is 0 Å². The summed E-state index contributed by atoms with van der Waals surface area (Å²) in [4.78, 5) is 25.6. The number of carbonyl (C=O) groups excluding carboxylic acids is 1. The van der Waals surface area contributed by atoms with Crippen LogP contribution in [0.4, 0.5) is 0 Å². The summed E-state index contributed by atoms with van der Waals surface area (Å²) in [6.45, 7) is 8.37. The van der Waals surface area contributed by atoms with Crippen LogP contribution < -0.4 is 0 Å². The van der Waals surface area contributed by atoms with Crippen molar-refractivity contribution in [2.75, 3.05) is 6.54 Å². The first kappa shape index (κ1) is 16.5. The summed E-state index contributed by atoms with van der Waals surface area (Å²) < 4.78 is 1.87. The van der Waals surface area contributed by atoms with Gasteiger partial charge < -0.3 is 10.0 Å². The molecule has 3 atom stereocenters. The van der Waals surface area contributed by atoms with Gasteiger partial charge in [0.05, 0.1) is 17.7 Å². The molecular weight excluding hydrogens is 282 g/mol. The summed E-state index contributed by atoms with van der Waals surface area (Å²) in [7, 11) is 0. The molecule has 6 nitrogen and oxygen atoms in total. The number of aryl methyl sites for hydroxylation is 2. The zero-order chi connectivity index (χ0) is 16.4. The third-order valence-electron chi connectivity index (χ3n) is 4.56. The van der Waals surface area contributed by atoms with Crippen LogP contribution in [0.25, 0.3) is 0 Å². The maximum atomic E-state index is 12.6. The van der Waals surface area contributed by atoms with E-state index in [2.05, 4.69) is 5.10 Å². The molecule has 1 aliphatic heterocycles. The number of aliphatic carboxylic acids is 1. The zero-order valence-corrected chi connectivity index (χ0v) is 13.7. The van der Waals surface area contributed by atoms with Gasteiger partial charge in [0.15, 0.2) is 0 Å². The number of piperidine rings is 1. The molecule has 1 fully saturated rings. The molecule has 1 N–H and O–H groups in total. The smallest absolute Gasteiger partial charge is 0.308 e. The first-order chi connectivity index (χ1) is 10.3. The van der Waals surface area contributed by atoms with Gasteiger partial charge in [-0.05, 0) is 46.6 Å². The quantitative estimate of drug-likeness (QED) is 0.925. The number of aromatic nitrogens is 2. The predicted octanol–water partition coefficient (Wildman–Crippen LogP) is 2.16. The predicted molar refractivity (Wildman–Crippen MR) is 82.6 cm³/mol. The number of nitrogens with zero attached hydrogens (tertiary/aromatic N) is 3. The fourth-order valence-corrected chi connectivity index (χ4v) is 3.37. The third kappa shape index (κ3) is 3.31. The van der Waals surface area contributed by atoms with E-state index in [1.807, 2.05) is 38.4 Å². The molecule has 22 heavy (non-hydrogen) atoms. The van der Waals surface area contributed by atoms with Gasteiger partial charge in [-0.15, -0.1) is 0 Å². The highest BCUT2D eigenvalue weighted by Gasteiger charge is 2.35. The van der Waals surface area contributed by atoms with E-state index in [1.54, 1.807) is 4.90 Å². The largest absolute Gasteiger partial charge is 0.481 e. The molecule has 6 heteroatoms. The molecule has 1 amide bonds. The van der Waals surface area contributed by atoms with Crippen molar-refractivity contribution in [3.05, 3.63) is 17.5 Å². The van der Waals surface area contributed by atoms with E-state index in [-0.39, 0.29) is 18.0 Å². The number of hydrogen-bond donors (Lipinski definition) is 1. The molecule has 2 heterocycles. The monoisotopic (exact) mass is 307 g/mol. The Balaban J connectivity index is 2.05. The number of hydrogen-bond acceptors (Lipinski definition) is 3. The molecule has 1 aliphatic rings. The Morgan fingerprint density at radius 2 is 2.14 bits per heavy atom. The molecule has 2 rings (SSSR count). The molecule has 0 bridgehead atoms.